The molecule has 0 amide bonds. The number of aliphatic imine (C=N–C) groups is 1. The number of fused-ring (bicyclic) bond motifs is 3. The minimum absolute atomic E-state index is 0.0407. The predicted octanol–water partition coefficient (Wildman–Crippen LogP) is 6.17. The molecule has 0 radical (unpaired) electrons. The Labute approximate surface area is 254 Å². The summed E-state index contributed by atoms with van der Waals surface area (Å²) in [7, 11) is 0. The van der Waals surface area contributed by atoms with Crippen molar-refractivity contribution in [1.82, 2.24) is 19.9 Å². The van der Waals surface area contributed by atoms with Gasteiger partial charge in [0.05, 0.1) is 5.92 Å². The molecule has 4 heterocycles. The average molecular weight is 567 g/mol. The van der Waals surface area contributed by atoms with Gasteiger partial charge in [-0.05, 0) is 63.6 Å². The lowest BCUT2D eigenvalue weighted by atomic mass is 9.72. The van der Waals surface area contributed by atoms with Crippen molar-refractivity contribution in [2.24, 2.45) is 10.9 Å². The van der Waals surface area contributed by atoms with Crippen LogP contribution in [-0.4, -0.2) is 48.4 Å². The van der Waals surface area contributed by atoms with Crippen LogP contribution in [0.25, 0.3) is 22.8 Å². The van der Waals surface area contributed by atoms with Gasteiger partial charge in [-0.3, -0.25) is 0 Å². The van der Waals surface area contributed by atoms with Crippen LogP contribution in [0.5, 0.6) is 0 Å². The highest BCUT2D eigenvalue weighted by Crippen LogP contribution is 2.50. The van der Waals surface area contributed by atoms with Crippen LogP contribution >= 0.6 is 0 Å². The first-order chi connectivity index (χ1) is 21.8. The second kappa shape index (κ2) is 9.51. The highest BCUT2D eigenvalue weighted by atomic mass is 15.3. The van der Waals surface area contributed by atoms with Gasteiger partial charge in [-0.15, -0.1) is 0 Å². The molecule has 0 bridgehead atoms. The molecule has 0 saturated carbocycles. The first-order valence-corrected chi connectivity index (χ1v) is 14.7. The maximum absolute atomic E-state index is 9.88. The summed E-state index contributed by atoms with van der Waals surface area (Å²) in [6.07, 6.45) is 23.2. The van der Waals surface area contributed by atoms with Gasteiger partial charge in [0.15, 0.2) is 0 Å². The van der Waals surface area contributed by atoms with Crippen LogP contribution in [-0.2, 0) is 0 Å². The summed E-state index contributed by atoms with van der Waals surface area (Å²) < 4.78 is 2.22. The lowest BCUT2D eigenvalue weighted by Crippen LogP contribution is -2.59. The first-order valence-electron chi connectivity index (χ1n) is 14.7. The Morgan fingerprint density at radius 3 is 2.16 bits per heavy atom. The first kappa shape index (κ1) is 24.6. The summed E-state index contributed by atoms with van der Waals surface area (Å²) in [6.45, 7) is 0. The van der Waals surface area contributed by atoms with Crippen LogP contribution in [0.1, 0.15) is 0 Å². The monoisotopic (exact) mass is 566 g/mol. The second-order valence-electron chi connectivity index (χ2n) is 11.2. The number of rotatable bonds is 3. The van der Waals surface area contributed by atoms with Gasteiger partial charge < -0.3 is 4.90 Å². The zero-order chi connectivity index (χ0) is 29.2. The van der Waals surface area contributed by atoms with Gasteiger partial charge in [0.2, 0.25) is 11.6 Å². The molecule has 3 aliphatic carbocycles. The Balaban J connectivity index is 1.31. The third-order valence-electron chi connectivity index (χ3n) is 8.88. The Hall–Kier alpha value is -6.00. The van der Waals surface area contributed by atoms with Crippen molar-refractivity contribution in [2.45, 2.75) is 12.1 Å². The van der Waals surface area contributed by atoms with Crippen LogP contribution < -0.4 is 0 Å². The predicted molar refractivity (Wildman–Crippen MR) is 169 cm³/mol. The highest BCUT2D eigenvalue weighted by molar-refractivity contribution is 6.00. The van der Waals surface area contributed by atoms with E-state index in [2.05, 4.69) is 69.1 Å². The fourth-order valence-electron chi connectivity index (χ4n) is 7.04. The van der Waals surface area contributed by atoms with E-state index in [1.54, 1.807) is 0 Å². The van der Waals surface area contributed by atoms with Crippen LogP contribution in [0.4, 0.5) is 5.95 Å². The van der Waals surface area contributed by atoms with E-state index >= 15 is 0 Å². The summed E-state index contributed by atoms with van der Waals surface area (Å²) in [5.41, 5.74) is 8.87. The molecule has 0 saturated heterocycles. The number of allylic oxidation sites excluding steroid dienone is 9. The molecule has 44 heavy (non-hydrogen) atoms. The van der Waals surface area contributed by atoms with Gasteiger partial charge >= 0.3 is 5.95 Å². The summed E-state index contributed by atoms with van der Waals surface area (Å²) in [5, 5.41) is 9.88. The normalized spacial score (nSPS) is 23.6. The number of aromatic nitrogens is 3. The molecule has 6 aliphatic rings. The molecule has 0 spiro atoms. The number of nitriles is 1. The van der Waals surface area contributed by atoms with E-state index in [1.165, 1.54) is 11.3 Å². The van der Waals surface area contributed by atoms with Gasteiger partial charge in [0, 0.05) is 28.6 Å². The molecule has 0 fully saturated rings. The molecule has 7 nitrogen and oxygen atoms in total. The molecular weight excluding hydrogens is 542 g/mol. The summed E-state index contributed by atoms with van der Waals surface area (Å²) in [6, 6.07) is 22.3. The van der Waals surface area contributed by atoms with E-state index < -0.39 is 0 Å². The molecule has 3 aliphatic heterocycles. The Morgan fingerprint density at radius 1 is 0.727 bits per heavy atom. The third-order valence-corrected chi connectivity index (χ3v) is 8.88. The Kier molecular flexibility index (Phi) is 5.32. The van der Waals surface area contributed by atoms with Crippen molar-refractivity contribution >= 4 is 17.9 Å². The fraction of sp³-hybridized carbons (Fsp3) is 0.0811. The number of nitrogens with zero attached hydrogens (tertiary/aromatic N) is 7. The Bertz CT molecular complexity index is 2070. The highest BCUT2D eigenvalue weighted by Gasteiger charge is 2.51. The number of hydrogen-bond acceptors (Lipinski definition) is 6. The SMILES string of the molecule is N#CC1=C2C=CC=C3C2C(=C2C=CC=C4C2N3C2C=CC=CC2=[N+]4c2nc(-c3ccccc3)nc(-c3ccccc3)n2)C=N1. The molecule has 9 rings (SSSR count). The smallest absolute Gasteiger partial charge is 0.346 e. The zero-order valence-electron chi connectivity index (χ0n) is 23.5. The zero-order valence-corrected chi connectivity index (χ0v) is 23.5. The van der Waals surface area contributed by atoms with E-state index in [-0.39, 0.29) is 18.0 Å². The quantitative estimate of drug-likeness (QED) is 0.355. The molecule has 0 N–H and O–H groups in total. The molecule has 7 heteroatoms. The fourth-order valence-corrected chi connectivity index (χ4v) is 7.04. The number of benzene rings is 2. The van der Waals surface area contributed by atoms with Gasteiger partial charge in [0.1, 0.15) is 35.3 Å². The van der Waals surface area contributed by atoms with Crippen molar-refractivity contribution in [3.8, 4) is 28.8 Å². The van der Waals surface area contributed by atoms with Crippen LogP contribution in [0.2, 0.25) is 0 Å². The van der Waals surface area contributed by atoms with Crippen molar-refractivity contribution in [3.63, 3.8) is 0 Å². The molecule has 1 aromatic heterocycles. The number of hydrogen-bond donors (Lipinski definition) is 0. The minimum atomic E-state index is -0.0950. The molecule has 3 atom stereocenters. The molecule has 3 aromatic rings. The lowest BCUT2D eigenvalue weighted by Gasteiger charge is -2.52. The van der Waals surface area contributed by atoms with Crippen LogP contribution in [0, 0.1) is 17.2 Å². The van der Waals surface area contributed by atoms with Gasteiger partial charge in [-0.1, -0.05) is 78.9 Å². The van der Waals surface area contributed by atoms with Crippen LogP contribution in [0.3, 0.4) is 0 Å². The topological polar surface area (TPSA) is 81.1 Å². The van der Waals surface area contributed by atoms with Crippen LogP contribution in [0.15, 0.2) is 160 Å². The van der Waals surface area contributed by atoms with Crippen molar-refractivity contribution in [2.75, 3.05) is 0 Å². The largest absolute Gasteiger partial charge is 0.442 e. The van der Waals surface area contributed by atoms with Crippen molar-refractivity contribution in [1.29, 1.82) is 5.26 Å². The Morgan fingerprint density at radius 2 is 1.43 bits per heavy atom. The maximum Gasteiger partial charge on any atom is 0.442 e. The van der Waals surface area contributed by atoms with E-state index in [0.717, 1.165) is 33.7 Å². The van der Waals surface area contributed by atoms with E-state index in [9.17, 15) is 5.26 Å². The lowest BCUT2D eigenvalue weighted by molar-refractivity contribution is -0.409. The molecule has 206 valence electrons. The molecular formula is C37H24N7+. The summed E-state index contributed by atoms with van der Waals surface area (Å²) >= 11 is 0. The van der Waals surface area contributed by atoms with E-state index in [1.807, 2.05) is 79.0 Å². The minimum Gasteiger partial charge on any atom is -0.346 e. The molecule has 3 unspecified atom stereocenters. The van der Waals surface area contributed by atoms with Gasteiger partial charge in [0.25, 0.3) is 0 Å². The summed E-state index contributed by atoms with van der Waals surface area (Å²) in [4.78, 5) is 22.3. The van der Waals surface area contributed by atoms with E-state index in [0.29, 0.717) is 23.3 Å². The second-order valence-corrected chi connectivity index (χ2v) is 11.2. The van der Waals surface area contributed by atoms with Crippen molar-refractivity contribution < 1.29 is 4.58 Å². The third kappa shape index (κ3) is 3.52. The maximum atomic E-state index is 9.88. The van der Waals surface area contributed by atoms with Gasteiger partial charge in [-0.25, -0.2) is 4.99 Å². The van der Waals surface area contributed by atoms with Crippen molar-refractivity contribution in [3.05, 3.63) is 155 Å². The molecule has 2 aromatic carbocycles. The standard InChI is InChI=1S/C37H24N7/c38-21-28-26-16-10-19-31-33(26)27(22-39-28)25-15-9-20-32-34(25)43(31)29-17-7-8-18-30(29)44(32)37-41-35(23-11-3-1-4-12-23)40-36(42-37)24-13-5-2-6-14-24/h1-20,22,29,33-34H/q+1. The van der Waals surface area contributed by atoms with E-state index in [4.69, 9.17) is 15.0 Å². The van der Waals surface area contributed by atoms with Gasteiger partial charge in [-0.2, -0.15) is 14.8 Å². The summed E-state index contributed by atoms with van der Waals surface area (Å²) in [5.74, 6) is 1.78. The average Bonchev–Trinajstić information content (AvgIpc) is 3.10.